The molecule has 0 radical (unpaired) electrons. The second-order valence-corrected chi connectivity index (χ2v) is 13.6. The van der Waals surface area contributed by atoms with Crippen LogP contribution in [0.2, 0.25) is 0 Å². The van der Waals surface area contributed by atoms with Crippen molar-refractivity contribution in [1.29, 1.82) is 0 Å². The minimum Gasteiger partial charge on any atom is -0.504 e. The summed E-state index contributed by atoms with van der Waals surface area (Å²) < 4.78 is 16.1. The number of hydrogen-bond acceptors (Lipinski definition) is 4. The fourth-order valence-corrected chi connectivity index (χ4v) is 9.37. The molecular weight excluding hydrogens is 426 g/mol. The van der Waals surface area contributed by atoms with E-state index in [1.54, 1.807) is 0 Å². The summed E-state index contributed by atoms with van der Waals surface area (Å²) in [6.45, 7) is 9.51. The average molecular weight is 467 g/mol. The van der Waals surface area contributed by atoms with E-state index in [0.717, 1.165) is 44.6 Å². The number of aromatic hydroxyl groups is 1. The summed E-state index contributed by atoms with van der Waals surface area (Å²) in [6, 6.07) is 4.38. The first-order chi connectivity index (χ1) is 16.0. The highest BCUT2D eigenvalue weighted by atomic mass is 16.6. The monoisotopic (exact) mass is 466 g/mol. The molecular formula is C29H40NO4+. The Morgan fingerprint density at radius 2 is 1.91 bits per heavy atom. The molecule has 0 amide bonds. The molecule has 5 nitrogen and oxygen atoms in total. The molecule has 2 aliphatic heterocycles. The number of phenols is 1. The van der Waals surface area contributed by atoms with E-state index in [2.05, 4.69) is 37.6 Å². The Bertz CT molecular complexity index is 1110. The largest absolute Gasteiger partial charge is 0.504 e. The molecule has 2 heterocycles. The van der Waals surface area contributed by atoms with E-state index in [4.69, 9.17) is 9.47 Å². The van der Waals surface area contributed by atoms with Gasteiger partial charge in [0.1, 0.15) is 24.5 Å². The number of ether oxygens (including phenoxy) is 2. The van der Waals surface area contributed by atoms with Crippen LogP contribution in [0, 0.1) is 22.7 Å². The summed E-state index contributed by atoms with van der Waals surface area (Å²) in [5, 5.41) is 23.1. The molecule has 2 unspecified atom stereocenters. The lowest BCUT2D eigenvalue weighted by molar-refractivity contribution is -0.612. The normalized spacial score (nSPS) is 44.5. The van der Waals surface area contributed by atoms with Gasteiger partial charge in [0, 0.05) is 42.8 Å². The maximum Gasteiger partial charge on any atom is 0.165 e. The zero-order valence-electron chi connectivity index (χ0n) is 21.4. The Kier molecular flexibility index (Phi) is 3.96. The van der Waals surface area contributed by atoms with Crippen LogP contribution in [0.15, 0.2) is 12.1 Å². The first kappa shape index (κ1) is 21.7. The second-order valence-electron chi connectivity index (χ2n) is 13.6. The Labute approximate surface area is 203 Å². The van der Waals surface area contributed by atoms with E-state index in [1.807, 2.05) is 20.1 Å². The molecule has 2 N–H and O–H groups in total. The quantitative estimate of drug-likeness (QED) is 0.656. The van der Waals surface area contributed by atoms with Crippen molar-refractivity contribution in [2.75, 3.05) is 13.7 Å². The maximum absolute atomic E-state index is 12.2. The third kappa shape index (κ3) is 2.20. The minimum absolute atomic E-state index is 0.00748. The van der Waals surface area contributed by atoms with Crippen LogP contribution in [-0.4, -0.2) is 58.0 Å². The van der Waals surface area contributed by atoms with Crippen LogP contribution in [0.4, 0.5) is 0 Å². The lowest BCUT2D eigenvalue weighted by Gasteiger charge is -2.72. The van der Waals surface area contributed by atoms with Gasteiger partial charge in [-0.25, -0.2) is 4.58 Å². The number of hydrogen-bond donors (Lipinski definition) is 2. The standard InChI is InChI=1S/C29H39NO4/c1-25(2,3)26(4,32)20-15-27-10-11-29(20,33-5)24-28(27)12-13-30(16-17-6-7-17)21(27)14-18-8-9-19(31)23(34-24)22(18)28/h8-9,16-17,20-21,24,32H,6-7,10-15H2,1-5H3/p+1/b30-16+/t20-,21?,24-,26?,27-,28+,29-/m1/s1. The van der Waals surface area contributed by atoms with Crippen LogP contribution < -0.4 is 4.74 Å². The highest BCUT2D eigenvalue weighted by Crippen LogP contribution is 2.77. The van der Waals surface area contributed by atoms with Crippen molar-refractivity contribution in [3.05, 3.63) is 23.3 Å². The Balaban J connectivity index is 1.51. The molecule has 184 valence electrons. The Morgan fingerprint density at radius 3 is 2.59 bits per heavy atom. The van der Waals surface area contributed by atoms with Crippen molar-refractivity contribution < 1.29 is 24.3 Å². The van der Waals surface area contributed by atoms with Crippen LogP contribution in [0.3, 0.4) is 0 Å². The molecule has 34 heavy (non-hydrogen) atoms. The first-order valence-corrected chi connectivity index (χ1v) is 13.4. The molecule has 8 rings (SSSR count). The van der Waals surface area contributed by atoms with Gasteiger partial charge in [-0.15, -0.1) is 0 Å². The molecule has 1 saturated heterocycles. The number of piperidine rings is 1. The smallest absolute Gasteiger partial charge is 0.165 e. The summed E-state index contributed by atoms with van der Waals surface area (Å²) in [6.07, 6.45) is 9.94. The fourth-order valence-electron chi connectivity index (χ4n) is 9.37. The number of phenolic OH excluding ortho intramolecular Hbond substituents is 1. The number of fused-ring (bicyclic) bond motifs is 2. The van der Waals surface area contributed by atoms with Crippen molar-refractivity contribution in [2.45, 2.75) is 101 Å². The third-order valence-corrected chi connectivity index (χ3v) is 11.6. The van der Waals surface area contributed by atoms with Gasteiger partial charge in [0.15, 0.2) is 17.5 Å². The van der Waals surface area contributed by atoms with Gasteiger partial charge in [-0.2, -0.15) is 0 Å². The predicted molar refractivity (Wildman–Crippen MR) is 130 cm³/mol. The fraction of sp³-hybridized carbons (Fsp3) is 0.759. The summed E-state index contributed by atoms with van der Waals surface area (Å²) in [7, 11) is 1.82. The molecule has 5 heteroatoms. The average Bonchev–Trinajstić information content (AvgIpc) is 3.53. The second kappa shape index (κ2) is 6.21. The molecule has 1 aromatic rings. The molecule has 1 aromatic carbocycles. The van der Waals surface area contributed by atoms with Crippen molar-refractivity contribution in [2.24, 2.45) is 22.7 Å². The number of aliphatic hydroxyl groups is 1. The van der Waals surface area contributed by atoms with Crippen LogP contribution in [0.25, 0.3) is 0 Å². The van der Waals surface area contributed by atoms with E-state index in [0.29, 0.717) is 11.8 Å². The van der Waals surface area contributed by atoms with Crippen LogP contribution in [0.1, 0.15) is 77.3 Å². The molecule has 0 aromatic heterocycles. The van der Waals surface area contributed by atoms with Crippen LogP contribution >= 0.6 is 0 Å². The summed E-state index contributed by atoms with van der Waals surface area (Å²) in [4.78, 5) is 0. The molecule has 7 atom stereocenters. The molecule has 4 bridgehead atoms. The highest BCUT2D eigenvalue weighted by molar-refractivity contribution is 5.64. The van der Waals surface area contributed by atoms with Gasteiger partial charge in [0.25, 0.3) is 0 Å². The van der Waals surface area contributed by atoms with Gasteiger partial charge < -0.3 is 19.7 Å². The Hall–Kier alpha value is -1.59. The van der Waals surface area contributed by atoms with E-state index < -0.39 is 11.2 Å². The van der Waals surface area contributed by atoms with Crippen molar-refractivity contribution in [3.8, 4) is 11.5 Å². The van der Waals surface area contributed by atoms with Gasteiger partial charge in [0.2, 0.25) is 0 Å². The van der Waals surface area contributed by atoms with E-state index in [9.17, 15) is 10.2 Å². The number of nitrogens with zero attached hydrogens (tertiary/aromatic N) is 1. The highest BCUT2D eigenvalue weighted by Gasteiger charge is 2.84. The van der Waals surface area contributed by atoms with Gasteiger partial charge >= 0.3 is 0 Å². The van der Waals surface area contributed by atoms with Crippen molar-refractivity contribution in [3.63, 3.8) is 0 Å². The zero-order chi connectivity index (χ0) is 23.9. The van der Waals surface area contributed by atoms with Gasteiger partial charge in [0.05, 0.1) is 11.0 Å². The van der Waals surface area contributed by atoms with Gasteiger partial charge in [-0.1, -0.05) is 26.8 Å². The molecule has 5 fully saturated rings. The number of rotatable bonds is 3. The molecule has 4 saturated carbocycles. The first-order valence-electron chi connectivity index (χ1n) is 13.4. The van der Waals surface area contributed by atoms with Crippen molar-refractivity contribution in [1.82, 2.24) is 0 Å². The zero-order valence-corrected chi connectivity index (χ0v) is 21.4. The van der Waals surface area contributed by atoms with Gasteiger partial charge in [-0.05, 0) is 56.1 Å². The van der Waals surface area contributed by atoms with Crippen LogP contribution in [0.5, 0.6) is 11.5 Å². The Morgan fingerprint density at radius 1 is 1.15 bits per heavy atom. The summed E-state index contributed by atoms with van der Waals surface area (Å²) in [5.74, 6) is 1.65. The maximum atomic E-state index is 12.2. The third-order valence-electron chi connectivity index (χ3n) is 11.6. The van der Waals surface area contributed by atoms with Crippen molar-refractivity contribution >= 4 is 6.21 Å². The molecule has 7 aliphatic rings. The van der Waals surface area contributed by atoms with E-state index in [-0.39, 0.29) is 34.0 Å². The summed E-state index contributed by atoms with van der Waals surface area (Å²) >= 11 is 0. The molecule has 5 aliphatic carbocycles. The number of benzene rings is 1. The van der Waals surface area contributed by atoms with Crippen LogP contribution in [-0.2, 0) is 16.6 Å². The minimum atomic E-state index is -0.919. The van der Waals surface area contributed by atoms with Gasteiger partial charge in [-0.3, -0.25) is 0 Å². The lowest BCUT2D eigenvalue weighted by Crippen LogP contribution is -2.82. The van der Waals surface area contributed by atoms with E-state index >= 15 is 0 Å². The SMILES string of the molecule is CO[C@]12CC[C@@]3(C[C@@H]1C(C)(O)C(C)(C)C)C1Cc4ccc(O)c5c4[C@@]3(CC/[N+]1=C\C1CC1)[C@H]2O5. The predicted octanol–water partition coefficient (Wildman–Crippen LogP) is 4.20. The topological polar surface area (TPSA) is 61.9 Å². The summed E-state index contributed by atoms with van der Waals surface area (Å²) in [5.41, 5.74) is 0.669. The molecule has 2 spiro atoms. The van der Waals surface area contributed by atoms with E-state index in [1.165, 1.54) is 24.0 Å². The number of methoxy groups -OCH3 is 1. The lowest BCUT2D eigenvalue weighted by atomic mass is 9.33.